The van der Waals surface area contributed by atoms with Crippen LogP contribution in [-0.4, -0.2) is 10.7 Å². The number of hydrogen-bond acceptors (Lipinski definition) is 1. The van der Waals surface area contributed by atoms with Crippen LogP contribution in [-0.2, 0) is 6.42 Å². The van der Waals surface area contributed by atoms with E-state index in [1.807, 2.05) is 12.3 Å². The molecule has 2 aromatic carbocycles. The monoisotopic (exact) mass is 344 g/mol. The molecule has 0 amide bonds. The lowest BCUT2D eigenvalue weighted by Gasteiger charge is -2.17. The normalized spacial score (nSPS) is 12.2. The number of aromatic amines is 1. The zero-order valence-electron chi connectivity index (χ0n) is 16.2. The van der Waals surface area contributed by atoms with E-state index in [0.29, 0.717) is 11.8 Å². The standard InChI is InChI=1S/C24H28N2/c1-17(2)20-12-8-13-21(18(3)4)24(20)26-23(22-14-9-15-25-22)16-19-10-6-5-7-11-19/h5-15,17-18,25H,16H2,1-4H3. The lowest BCUT2D eigenvalue weighted by Crippen LogP contribution is -2.07. The number of benzene rings is 2. The Morgan fingerprint density at radius 3 is 2.00 bits per heavy atom. The number of hydrogen-bond donors (Lipinski definition) is 1. The van der Waals surface area contributed by atoms with Gasteiger partial charge in [0.2, 0.25) is 0 Å². The third-order valence-corrected chi connectivity index (χ3v) is 4.71. The smallest absolute Gasteiger partial charge is 0.0703 e. The Balaban J connectivity index is 2.14. The maximum absolute atomic E-state index is 5.22. The zero-order chi connectivity index (χ0) is 18.5. The number of aromatic nitrogens is 1. The fourth-order valence-corrected chi connectivity index (χ4v) is 3.27. The van der Waals surface area contributed by atoms with Crippen LogP contribution in [0.25, 0.3) is 0 Å². The van der Waals surface area contributed by atoms with Gasteiger partial charge in [-0.3, -0.25) is 4.99 Å². The number of aliphatic imine (C=N–C) groups is 1. The van der Waals surface area contributed by atoms with Gasteiger partial charge in [0.15, 0.2) is 0 Å². The summed E-state index contributed by atoms with van der Waals surface area (Å²) < 4.78 is 0. The summed E-state index contributed by atoms with van der Waals surface area (Å²) in [6, 6.07) is 21.3. The average Bonchev–Trinajstić information content (AvgIpc) is 3.16. The molecule has 0 saturated carbocycles. The van der Waals surface area contributed by atoms with Gasteiger partial charge in [-0.25, -0.2) is 0 Å². The number of nitrogens with one attached hydrogen (secondary N) is 1. The van der Waals surface area contributed by atoms with E-state index in [2.05, 4.69) is 87.3 Å². The summed E-state index contributed by atoms with van der Waals surface area (Å²) >= 11 is 0. The van der Waals surface area contributed by atoms with Gasteiger partial charge in [0.25, 0.3) is 0 Å². The Labute approximate surface area is 157 Å². The van der Waals surface area contributed by atoms with E-state index in [1.54, 1.807) is 0 Å². The van der Waals surface area contributed by atoms with Gasteiger partial charge >= 0.3 is 0 Å². The first kappa shape index (κ1) is 18.2. The lowest BCUT2D eigenvalue weighted by atomic mass is 9.92. The highest BCUT2D eigenvalue weighted by atomic mass is 14.8. The Hall–Kier alpha value is -2.61. The minimum Gasteiger partial charge on any atom is -0.360 e. The summed E-state index contributed by atoms with van der Waals surface area (Å²) in [7, 11) is 0. The van der Waals surface area contributed by atoms with Crippen molar-refractivity contribution in [2.24, 2.45) is 4.99 Å². The van der Waals surface area contributed by atoms with E-state index in [1.165, 1.54) is 16.7 Å². The van der Waals surface area contributed by atoms with E-state index in [-0.39, 0.29) is 0 Å². The molecule has 0 atom stereocenters. The molecular weight excluding hydrogens is 316 g/mol. The minimum atomic E-state index is 0.439. The Morgan fingerprint density at radius 1 is 0.808 bits per heavy atom. The molecule has 2 nitrogen and oxygen atoms in total. The van der Waals surface area contributed by atoms with Gasteiger partial charge in [-0.05, 0) is 40.7 Å². The molecule has 1 N–H and O–H groups in total. The van der Waals surface area contributed by atoms with E-state index < -0.39 is 0 Å². The predicted molar refractivity (Wildman–Crippen MR) is 112 cm³/mol. The van der Waals surface area contributed by atoms with Crippen molar-refractivity contribution < 1.29 is 0 Å². The summed E-state index contributed by atoms with van der Waals surface area (Å²) in [4.78, 5) is 8.57. The van der Waals surface area contributed by atoms with Gasteiger partial charge in [0, 0.05) is 12.6 Å². The number of rotatable bonds is 6. The molecule has 3 rings (SSSR count). The largest absolute Gasteiger partial charge is 0.360 e. The summed E-state index contributed by atoms with van der Waals surface area (Å²) in [5, 5.41) is 0. The van der Waals surface area contributed by atoms with Crippen molar-refractivity contribution >= 4 is 11.4 Å². The summed E-state index contributed by atoms with van der Waals surface area (Å²) in [5.74, 6) is 0.878. The SMILES string of the molecule is CC(C)c1cccc(C(C)C)c1N=C(Cc1ccccc1)c1ccc[nH]1. The van der Waals surface area contributed by atoms with Crippen molar-refractivity contribution in [1.82, 2.24) is 4.98 Å². The van der Waals surface area contributed by atoms with Gasteiger partial charge in [-0.15, -0.1) is 0 Å². The molecule has 1 aromatic heterocycles. The third-order valence-electron chi connectivity index (χ3n) is 4.71. The summed E-state index contributed by atoms with van der Waals surface area (Å²) in [6.45, 7) is 8.96. The third kappa shape index (κ3) is 4.13. The van der Waals surface area contributed by atoms with Crippen molar-refractivity contribution in [1.29, 1.82) is 0 Å². The molecule has 0 spiro atoms. The Bertz CT molecular complexity index is 830. The van der Waals surface area contributed by atoms with Crippen molar-refractivity contribution in [2.45, 2.75) is 46.0 Å². The molecule has 0 bridgehead atoms. The first-order valence-corrected chi connectivity index (χ1v) is 9.44. The molecule has 3 aromatic rings. The molecule has 0 radical (unpaired) electrons. The second kappa shape index (κ2) is 8.18. The van der Waals surface area contributed by atoms with Gasteiger partial charge in [0.1, 0.15) is 0 Å². The molecule has 1 heterocycles. The van der Waals surface area contributed by atoms with Crippen LogP contribution in [0.5, 0.6) is 0 Å². The summed E-state index contributed by atoms with van der Waals surface area (Å²) in [6.07, 6.45) is 2.78. The van der Waals surface area contributed by atoms with Crippen molar-refractivity contribution in [3.05, 3.63) is 89.2 Å². The second-order valence-electron chi connectivity index (χ2n) is 7.40. The molecule has 0 aliphatic rings. The van der Waals surface area contributed by atoms with Crippen LogP contribution in [0, 0.1) is 0 Å². The van der Waals surface area contributed by atoms with Crippen LogP contribution in [0.4, 0.5) is 5.69 Å². The Morgan fingerprint density at radius 2 is 1.46 bits per heavy atom. The maximum Gasteiger partial charge on any atom is 0.0703 e. The molecule has 0 saturated heterocycles. The predicted octanol–water partition coefficient (Wildman–Crippen LogP) is 6.63. The van der Waals surface area contributed by atoms with Gasteiger partial charge < -0.3 is 4.98 Å². The van der Waals surface area contributed by atoms with Gasteiger partial charge in [0.05, 0.1) is 17.1 Å². The number of nitrogens with zero attached hydrogens (tertiary/aromatic N) is 1. The summed E-state index contributed by atoms with van der Waals surface area (Å²) in [5.41, 5.74) is 7.20. The first-order valence-electron chi connectivity index (χ1n) is 9.44. The Kier molecular flexibility index (Phi) is 5.72. The van der Waals surface area contributed by atoms with Crippen LogP contribution in [0.1, 0.15) is 61.9 Å². The van der Waals surface area contributed by atoms with E-state index in [9.17, 15) is 0 Å². The maximum atomic E-state index is 5.22. The molecule has 2 heteroatoms. The van der Waals surface area contributed by atoms with Gasteiger partial charge in [-0.1, -0.05) is 76.2 Å². The first-order chi connectivity index (χ1) is 12.6. The number of para-hydroxylation sites is 1. The van der Waals surface area contributed by atoms with Crippen LogP contribution in [0.3, 0.4) is 0 Å². The van der Waals surface area contributed by atoms with E-state index in [4.69, 9.17) is 4.99 Å². The molecule has 26 heavy (non-hydrogen) atoms. The van der Waals surface area contributed by atoms with Crippen LogP contribution in [0.15, 0.2) is 71.9 Å². The van der Waals surface area contributed by atoms with Crippen LogP contribution < -0.4 is 0 Å². The van der Waals surface area contributed by atoms with E-state index in [0.717, 1.165) is 23.5 Å². The van der Waals surface area contributed by atoms with Crippen LogP contribution >= 0.6 is 0 Å². The van der Waals surface area contributed by atoms with Crippen molar-refractivity contribution in [3.63, 3.8) is 0 Å². The van der Waals surface area contributed by atoms with Gasteiger partial charge in [-0.2, -0.15) is 0 Å². The fourth-order valence-electron chi connectivity index (χ4n) is 3.27. The highest BCUT2D eigenvalue weighted by Gasteiger charge is 2.15. The molecule has 0 fully saturated rings. The average molecular weight is 345 g/mol. The fraction of sp³-hybridized carbons (Fsp3) is 0.292. The molecule has 0 aliphatic carbocycles. The second-order valence-corrected chi connectivity index (χ2v) is 7.40. The van der Waals surface area contributed by atoms with Crippen molar-refractivity contribution in [3.8, 4) is 0 Å². The minimum absolute atomic E-state index is 0.439. The van der Waals surface area contributed by atoms with Crippen LogP contribution in [0.2, 0.25) is 0 Å². The molecule has 0 unspecified atom stereocenters. The lowest BCUT2D eigenvalue weighted by molar-refractivity contribution is 0.834. The van der Waals surface area contributed by atoms with Crippen molar-refractivity contribution in [2.75, 3.05) is 0 Å². The molecule has 134 valence electrons. The quantitative estimate of drug-likeness (QED) is 0.486. The highest BCUT2D eigenvalue weighted by molar-refractivity contribution is 6.02. The van der Waals surface area contributed by atoms with E-state index >= 15 is 0 Å². The topological polar surface area (TPSA) is 28.1 Å². The zero-order valence-corrected chi connectivity index (χ0v) is 16.2. The number of H-pyrrole nitrogens is 1. The highest BCUT2D eigenvalue weighted by Crippen LogP contribution is 2.35. The molecule has 0 aliphatic heterocycles. The molecular formula is C24H28N2.